The summed E-state index contributed by atoms with van der Waals surface area (Å²) < 4.78 is 6.13. The van der Waals surface area contributed by atoms with Crippen LogP contribution in [-0.4, -0.2) is 29.9 Å². The first-order valence-electron chi connectivity index (χ1n) is 7.33. The number of aliphatic hydroxyl groups excluding tert-OH is 1. The summed E-state index contributed by atoms with van der Waals surface area (Å²) in [5.74, 6) is 0.854. The van der Waals surface area contributed by atoms with Gasteiger partial charge in [-0.05, 0) is 42.0 Å². The highest BCUT2D eigenvalue weighted by atomic mass is 79.9. The van der Waals surface area contributed by atoms with Crippen LogP contribution in [0.25, 0.3) is 0 Å². The highest BCUT2D eigenvalue weighted by Gasteiger charge is 2.41. The lowest BCUT2D eigenvalue weighted by Crippen LogP contribution is -2.28. The molecule has 0 bridgehead atoms. The van der Waals surface area contributed by atoms with E-state index in [0.717, 1.165) is 10.0 Å². The number of aliphatic hydroxyl groups is 1. The van der Waals surface area contributed by atoms with Crippen molar-refractivity contribution in [3.8, 4) is 5.75 Å². The molecule has 1 saturated heterocycles. The van der Waals surface area contributed by atoms with Gasteiger partial charge in [-0.15, -0.1) is 0 Å². The number of rotatable bonds is 4. The van der Waals surface area contributed by atoms with Crippen molar-refractivity contribution < 1.29 is 14.6 Å². The molecule has 1 N–H and O–H groups in total. The second-order valence-electron chi connectivity index (χ2n) is 5.49. The van der Waals surface area contributed by atoms with E-state index >= 15 is 0 Å². The van der Waals surface area contributed by atoms with Gasteiger partial charge in [0.2, 0.25) is 0 Å². The van der Waals surface area contributed by atoms with E-state index in [4.69, 9.17) is 4.74 Å². The first-order valence-corrected chi connectivity index (χ1v) is 9.17. The van der Waals surface area contributed by atoms with Crippen molar-refractivity contribution in [3.05, 3.63) is 64.1 Å². The summed E-state index contributed by atoms with van der Waals surface area (Å²) in [4.78, 5) is 12.9. The van der Waals surface area contributed by atoms with E-state index in [-0.39, 0.29) is 11.0 Å². The van der Waals surface area contributed by atoms with Crippen molar-refractivity contribution >= 4 is 33.5 Å². The van der Waals surface area contributed by atoms with Gasteiger partial charge in [-0.2, -0.15) is 11.8 Å². The van der Waals surface area contributed by atoms with Gasteiger partial charge in [0.1, 0.15) is 5.75 Å². The zero-order chi connectivity index (χ0) is 16.4. The molecule has 0 radical (unpaired) electrons. The largest absolute Gasteiger partial charge is 0.497 e. The molecule has 0 aromatic heterocycles. The maximum Gasteiger partial charge on any atom is 0.170 e. The highest BCUT2D eigenvalue weighted by Crippen LogP contribution is 2.46. The number of Topliss-reactive ketones (excluding diaryl/α,β-unsaturated/α-hetero) is 1. The fourth-order valence-electron chi connectivity index (χ4n) is 2.83. The summed E-state index contributed by atoms with van der Waals surface area (Å²) in [6, 6.07) is 15.0. The third kappa shape index (κ3) is 3.47. The Morgan fingerprint density at radius 3 is 2.43 bits per heavy atom. The number of hydrogen-bond acceptors (Lipinski definition) is 4. The van der Waals surface area contributed by atoms with Gasteiger partial charge in [-0.1, -0.05) is 28.1 Å². The number of hydrogen-bond donors (Lipinski definition) is 1. The third-order valence-electron chi connectivity index (χ3n) is 4.06. The average molecular weight is 393 g/mol. The van der Waals surface area contributed by atoms with Crippen LogP contribution in [-0.2, 0) is 0 Å². The molecule has 2 aromatic rings. The lowest BCUT2D eigenvalue weighted by molar-refractivity contribution is 0.0757. The van der Waals surface area contributed by atoms with E-state index in [9.17, 15) is 9.90 Å². The number of carbonyl (C=O) groups excluding carboxylic acids is 1. The molecule has 1 heterocycles. The second-order valence-corrected chi connectivity index (χ2v) is 7.58. The first kappa shape index (κ1) is 16.6. The lowest BCUT2D eigenvalue weighted by Gasteiger charge is -2.20. The third-order valence-corrected chi connectivity index (χ3v) is 6.05. The average Bonchev–Trinajstić information content (AvgIpc) is 2.96. The molecule has 0 saturated carbocycles. The summed E-state index contributed by atoms with van der Waals surface area (Å²) >= 11 is 5.06. The predicted octanol–water partition coefficient (Wildman–Crippen LogP) is 4.11. The molecule has 0 spiro atoms. The zero-order valence-electron chi connectivity index (χ0n) is 12.6. The molecule has 0 unspecified atom stereocenters. The molecule has 2 aromatic carbocycles. The Morgan fingerprint density at radius 2 is 1.83 bits per heavy atom. The fourth-order valence-corrected chi connectivity index (χ4v) is 4.57. The Balaban J connectivity index is 1.87. The van der Waals surface area contributed by atoms with Gasteiger partial charge in [-0.25, -0.2) is 0 Å². The number of methoxy groups -OCH3 is 1. The second kappa shape index (κ2) is 7.07. The lowest BCUT2D eigenvalue weighted by atomic mass is 9.87. The summed E-state index contributed by atoms with van der Waals surface area (Å²) in [7, 11) is 1.59. The molecule has 1 aliphatic rings. The van der Waals surface area contributed by atoms with E-state index in [1.54, 1.807) is 43.1 Å². The molecule has 0 amide bonds. The Bertz CT molecular complexity index is 684. The standard InChI is InChI=1S/C18H17BrO3S/c1-22-14-8-4-11(5-9-14)17(21)16-15(20)10-23-18(16)12-2-6-13(19)7-3-12/h2-9,15-16,18,20H,10H2,1H3/t15-,16+,18+/m1/s1. The fraction of sp³-hybridized carbons (Fsp3) is 0.278. The highest BCUT2D eigenvalue weighted by molar-refractivity contribution is 9.10. The smallest absolute Gasteiger partial charge is 0.170 e. The molecule has 3 atom stereocenters. The number of ketones is 1. The van der Waals surface area contributed by atoms with E-state index in [1.165, 1.54) is 0 Å². The van der Waals surface area contributed by atoms with Crippen LogP contribution >= 0.6 is 27.7 Å². The predicted molar refractivity (Wildman–Crippen MR) is 96.2 cm³/mol. The van der Waals surface area contributed by atoms with Crippen LogP contribution in [0.5, 0.6) is 5.75 Å². The van der Waals surface area contributed by atoms with Crippen LogP contribution in [0.4, 0.5) is 0 Å². The van der Waals surface area contributed by atoms with Gasteiger partial charge >= 0.3 is 0 Å². The number of thioether (sulfide) groups is 1. The molecule has 1 fully saturated rings. The van der Waals surface area contributed by atoms with Crippen molar-refractivity contribution in [1.29, 1.82) is 0 Å². The number of benzene rings is 2. The quantitative estimate of drug-likeness (QED) is 0.795. The molecule has 3 nitrogen and oxygen atoms in total. The Kier molecular flexibility index (Phi) is 5.09. The number of ether oxygens (including phenoxy) is 1. The number of carbonyl (C=O) groups is 1. The van der Waals surface area contributed by atoms with Crippen LogP contribution in [0.1, 0.15) is 21.2 Å². The minimum absolute atomic E-state index is 0.0157. The summed E-state index contributed by atoms with van der Waals surface area (Å²) in [6.45, 7) is 0. The van der Waals surface area contributed by atoms with Gasteiger partial charge < -0.3 is 9.84 Å². The Morgan fingerprint density at radius 1 is 1.17 bits per heavy atom. The first-order chi connectivity index (χ1) is 11.1. The summed E-state index contributed by atoms with van der Waals surface area (Å²) in [5, 5.41) is 10.3. The Hall–Kier alpha value is -1.30. The van der Waals surface area contributed by atoms with Crippen LogP contribution in [0.2, 0.25) is 0 Å². The van der Waals surface area contributed by atoms with Gasteiger partial charge in [0.15, 0.2) is 5.78 Å². The van der Waals surface area contributed by atoms with Gasteiger partial charge in [0.05, 0.1) is 19.1 Å². The molecular formula is C18H17BrO3S. The SMILES string of the molecule is COc1ccc(C(=O)[C@@H]2[C@H](O)CS[C@H]2c2ccc(Br)cc2)cc1. The van der Waals surface area contributed by atoms with Crippen molar-refractivity contribution in [2.24, 2.45) is 5.92 Å². The molecule has 3 rings (SSSR count). The molecule has 0 aliphatic carbocycles. The monoisotopic (exact) mass is 392 g/mol. The van der Waals surface area contributed by atoms with Crippen LogP contribution < -0.4 is 4.74 Å². The van der Waals surface area contributed by atoms with Crippen LogP contribution in [0.3, 0.4) is 0 Å². The minimum Gasteiger partial charge on any atom is -0.497 e. The van der Waals surface area contributed by atoms with Gasteiger partial charge in [0, 0.05) is 21.0 Å². The molecule has 23 heavy (non-hydrogen) atoms. The van der Waals surface area contributed by atoms with E-state index in [1.807, 2.05) is 24.3 Å². The molecule has 120 valence electrons. The van der Waals surface area contributed by atoms with Crippen molar-refractivity contribution in [2.45, 2.75) is 11.4 Å². The van der Waals surface area contributed by atoms with E-state index < -0.39 is 12.0 Å². The maximum atomic E-state index is 12.9. The molecular weight excluding hydrogens is 376 g/mol. The van der Waals surface area contributed by atoms with Crippen molar-refractivity contribution in [1.82, 2.24) is 0 Å². The topological polar surface area (TPSA) is 46.5 Å². The van der Waals surface area contributed by atoms with E-state index in [2.05, 4.69) is 15.9 Å². The summed E-state index contributed by atoms with van der Waals surface area (Å²) in [5.41, 5.74) is 1.68. The van der Waals surface area contributed by atoms with Crippen LogP contribution in [0.15, 0.2) is 53.0 Å². The van der Waals surface area contributed by atoms with Crippen LogP contribution in [0, 0.1) is 5.92 Å². The minimum atomic E-state index is -0.622. The normalized spacial score (nSPS) is 23.7. The van der Waals surface area contributed by atoms with Crippen molar-refractivity contribution in [2.75, 3.05) is 12.9 Å². The van der Waals surface area contributed by atoms with Crippen molar-refractivity contribution in [3.63, 3.8) is 0 Å². The maximum absolute atomic E-state index is 12.9. The molecule has 1 aliphatic heterocycles. The zero-order valence-corrected chi connectivity index (χ0v) is 15.0. The Labute approximate surface area is 148 Å². The van der Waals surface area contributed by atoms with Gasteiger partial charge in [0.25, 0.3) is 0 Å². The van der Waals surface area contributed by atoms with Gasteiger partial charge in [-0.3, -0.25) is 4.79 Å². The van der Waals surface area contributed by atoms with E-state index in [0.29, 0.717) is 17.1 Å². The molecule has 5 heteroatoms. The summed E-state index contributed by atoms with van der Waals surface area (Å²) in [6.07, 6.45) is -0.622. The number of halogens is 1.